The third-order valence-corrected chi connectivity index (χ3v) is 7.92. The summed E-state index contributed by atoms with van der Waals surface area (Å²) < 4.78 is 40.0. The molecule has 0 saturated heterocycles. The zero-order valence-electron chi connectivity index (χ0n) is 21.2. The highest BCUT2D eigenvalue weighted by atomic mass is 32.2. The maximum Gasteiger partial charge on any atom is 0.242 e. The zero-order valence-corrected chi connectivity index (χ0v) is 22.1. The predicted molar refractivity (Wildman–Crippen MR) is 139 cm³/mol. The molecule has 196 valence electrons. The number of sulfonamides is 1. The van der Waals surface area contributed by atoms with Crippen LogP contribution in [0.25, 0.3) is 0 Å². The second kappa shape index (κ2) is 12.3. The molecule has 2 aromatic carbocycles. The van der Waals surface area contributed by atoms with Crippen LogP contribution in [0.1, 0.15) is 56.6 Å². The highest BCUT2D eigenvalue weighted by Gasteiger charge is 2.29. The molecule has 1 N–H and O–H groups in total. The molecule has 1 saturated carbocycles. The van der Waals surface area contributed by atoms with E-state index in [0.717, 1.165) is 47.4 Å². The van der Waals surface area contributed by atoms with Gasteiger partial charge >= 0.3 is 0 Å². The lowest BCUT2D eigenvalue weighted by Gasteiger charge is -2.30. The van der Waals surface area contributed by atoms with Gasteiger partial charge in [-0.1, -0.05) is 49.2 Å². The number of rotatable bonds is 11. The van der Waals surface area contributed by atoms with E-state index >= 15 is 0 Å². The normalized spacial score (nSPS) is 14.9. The van der Waals surface area contributed by atoms with Crippen molar-refractivity contribution in [2.24, 2.45) is 0 Å². The summed E-state index contributed by atoms with van der Waals surface area (Å²) in [5.41, 5.74) is 1.91. The number of benzene rings is 2. The number of halogens is 1. The minimum atomic E-state index is -3.75. The molecule has 1 unspecified atom stereocenters. The number of anilines is 1. The second-order valence-corrected chi connectivity index (χ2v) is 11.4. The lowest BCUT2D eigenvalue weighted by atomic mass is 10.1. The lowest BCUT2D eigenvalue weighted by Crippen LogP contribution is -2.49. The smallest absolute Gasteiger partial charge is 0.242 e. The molecule has 0 bridgehead atoms. The predicted octanol–water partition coefficient (Wildman–Crippen LogP) is 4.16. The molecule has 1 aliphatic rings. The molecule has 0 aliphatic heterocycles. The van der Waals surface area contributed by atoms with Crippen molar-refractivity contribution >= 4 is 27.5 Å². The fourth-order valence-electron chi connectivity index (χ4n) is 4.58. The molecule has 0 aromatic heterocycles. The zero-order chi connectivity index (χ0) is 26.3. The first-order valence-electron chi connectivity index (χ1n) is 12.4. The number of para-hydroxylation sites is 1. The first kappa shape index (κ1) is 27.6. The van der Waals surface area contributed by atoms with E-state index in [1.54, 1.807) is 17.9 Å². The average molecular weight is 518 g/mol. The second-order valence-electron chi connectivity index (χ2n) is 9.50. The first-order valence-corrected chi connectivity index (χ1v) is 14.3. The molecule has 0 heterocycles. The quantitative estimate of drug-likeness (QED) is 0.485. The fraction of sp³-hybridized carbons (Fsp3) is 0.481. The Morgan fingerprint density at radius 2 is 1.72 bits per heavy atom. The summed E-state index contributed by atoms with van der Waals surface area (Å²) in [6.45, 7) is 3.91. The van der Waals surface area contributed by atoms with Gasteiger partial charge in [0.1, 0.15) is 11.9 Å². The number of carbonyl (C=O) groups excluding carboxylic acids is 2. The molecule has 2 amide bonds. The van der Waals surface area contributed by atoms with Gasteiger partial charge in [-0.05, 0) is 56.4 Å². The molecule has 9 heteroatoms. The summed E-state index contributed by atoms with van der Waals surface area (Å²) in [7, 11) is -3.75. The van der Waals surface area contributed by atoms with Crippen LogP contribution >= 0.6 is 0 Å². The number of carbonyl (C=O) groups is 2. The third kappa shape index (κ3) is 7.29. The van der Waals surface area contributed by atoms with Crippen molar-refractivity contribution in [2.45, 2.75) is 71.0 Å². The largest absolute Gasteiger partial charge is 0.352 e. The fourth-order valence-corrected chi connectivity index (χ4v) is 5.55. The monoisotopic (exact) mass is 517 g/mol. The standard InChI is InChI=1S/C27H36FN3O4S/c1-20-11-4-5-12-22(20)19-30(21(2)27(33)29-23-13-6-7-14-23)26(32)17-10-18-31(36(3,34)35)25-16-9-8-15-24(25)28/h4-5,8-9,11-12,15-16,21,23H,6-7,10,13-14,17-19H2,1-3H3,(H,29,33). The van der Waals surface area contributed by atoms with Gasteiger partial charge in [-0.3, -0.25) is 13.9 Å². The summed E-state index contributed by atoms with van der Waals surface area (Å²) >= 11 is 0. The molecule has 0 radical (unpaired) electrons. The number of aryl methyl sites for hydroxylation is 1. The molecule has 1 atom stereocenters. The third-order valence-electron chi connectivity index (χ3n) is 6.74. The van der Waals surface area contributed by atoms with E-state index in [4.69, 9.17) is 0 Å². The maximum atomic E-state index is 14.3. The van der Waals surface area contributed by atoms with E-state index in [1.807, 2.05) is 31.2 Å². The Hall–Kier alpha value is -2.94. The average Bonchev–Trinajstić information content (AvgIpc) is 3.33. The summed E-state index contributed by atoms with van der Waals surface area (Å²) in [4.78, 5) is 28.0. The Morgan fingerprint density at radius 1 is 1.08 bits per heavy atom. The van der Waals surface area contributed by atoms with Crippen LogP contribution in [0.4, 0.5) is 10.1 Å². The molecule has 1 aliphatic carbocycles. The van der Waals surface area contributed by atoms with Crippen molar-refractivity contribution in [2.75, 3.05) is 17.1 Å². The molecule has 36 heavy (non-hydrogen) atoms. The highest BCUT2D eigenvalue weighted by molar-refractivity contribution is 7.92. The van der Waals surface area contributed by atoms with Gasteiger partial charge in [0.05, 0.1) is 11.9 Å². The molecule has 2 aromatic rings. The van der Waals surface area contributed by atoms with E-state index < -0.39 is 21.9 Å². The van der Waals surface area contributed by atoms with Crippen LogP contribution in [0, 0.1) is 12.7 Å². The topological polar surface area (TPSA) is 86.8 Å². The van der Waals surface area contributed by atoms with E-state index in [2.05, 4.69) is 5.32 Å². The number of hydrogen-bond acceptors (Lipinski definition) is 4. The summed E-state index contributed by atoms with van der Waals surface area (Å²) in [6, 6.07) is 12.8. The molecular weight excluding hydrogens is 481 g/mol. The van der Waals surface area contributed by atoms with E-state index in [9.17, 15) is 22.4 Å². The van der Waals surface area contributed by atoms with Gasteiger partial charge in [0.2, 0.25) is 21.8 Å². The summed E-state index contributed by atoms with van der Waals surface area (Å²) in [5.74, 6) is -1.09. The Kier molecular flexibility index (Phi) is 9.48. The first-order chi connectivity index (χ1) is 17.1. The van der Waals surface area contributed by atoms with Gasteiger partial charge in [-0.2, -0.15) is 0 Å². The van der Waals surface area contributed by atoms with E-state index in [1.165, 1.54) is 18.2 Å². The number of nitrogens with one attached hydrogen (secondary N) is 1. The Labute approximate surface area is 213 Å². The van der Waals surface area contributed by atoms with Crippen LogP contribution < -0.4 is 9.62 Å². The highest BCUT2D eigenvalue weighted by Crippen LogP contribution is 2.23. The molecular formula is C27H36FN3O4S. The van der Waals surface area contributed by atoms with Crippen LogP contribution in [0.5, 0.6) is 0 Å². The maximum absolute atomic E-state index is 14.3. The Balaban J connectivity index is 1.73. The van der Waals surface area contributed by atoms with Gasteiger partial charge in [0.15, 0.2) is 0 Å². The summed E-state index contributed by atoms with van der Waals surface area (Å²) in [5, 5.41) is 3.07. The van der Waals surface area contributed by atoms with Crippen LogP contribution in [-0.4, -0.2) is 50.0 Å². The van der Waals surface area contributed by atoms with Crippen molar-refractivity contribution < 1.29 is 22.4 Å². The minimum absolute atomic E-state index is 0.0212. The summed E-state index contributed by atoms with van der Waals surface area (Å²) in [6.07, 6.45) is 5.28. The van der Waals surface area contributed by atoms with Crippen molar-refractivity contribution in [1.82, 2.24) is 10.2 Å². The molecule has 3 rings (SSSR count). The van der Waals surface area contributed by atoms with Crippen LogP contribution in [0.2, 0.25) is 0 Å². The van der Waals surface area contributed by atoms with Crippen molar-refractivity contribution in [1.29, 1.82) is 0 Å². The minimum Gasteiger partial charge on any atom is -0.352 e. The molecule has 7 nitrogen and oxygen atoms in total. The Morgan fingerprint density at radius 3 is 2.36 bits per heavy atom. The van der Waals surface area contributed by atoms with Gasteiger partial charge in [-0.25, -0.2) is 12.8 Å². The Bertz CT molecular complexity index is 1170. The SMILES string of the molecule is Cc1ccccc1CN(C(=O)CCCN(c1ccccc1F)S(C)(=O)=O)C(C)C(=O)NC1CCCC1. The van der Waals surface area contributed by atoms with Gasteiger partial charge in [0, 0.05) is 25.6 Å². The lowest BCUT2D eigenvalue weighted by molar-refractivity contribution is -0.141. The number of hydrogen-bond donors (Lipinski definition) is 1. The van der Waals surface area contributed by atoms with Gasteiger partial charge in [0.25, 0.3) is 0 Å². The van der Waals surface area contributed by atoms with Crippen molar-refractivity contribution in [3.8, 4) is 0 Å². The number of nitrogens with zero attached hydrogens (tertiary/aromatic N) is 2. The van der Waals surface area contributed by atoms with Crippen molar-refractivity contribution in [3.05, 3.63) is 65.5 Å². The van der Waals surface area contributed by atoms with E-state index in [-0.39, 0.29) is 49.5 Å². The van der Waals surface area contributed by atoms with E-state index in [0.29, 0.717) is 0 Å². The van der Waals surface area contributed by atoms with Crippen LogP contribution in [-0.2, 0) is 26.2 Å². The van der Waals surface area contributed by atoms with Crippen LogP contribution in [0.3, 0.4) is 0 Å². The molecule has 1 fully saturated rings. The molecule has 0 spiro atoms. The van der Waals surface area contributed by atoms with Crippen molar-refractivity contribution in [3.63, 3.8) is 0 Å². The number of amides is 2. The van der Waals surface area contributed by atoms with Crippen LogP contribution in [0.15, 0.2) is 48.5 Å². The van der Waals surface area contributed by atoms with Gasteiger partial charge in [-0.15, -0.1) is 0 Å². The van der Waals surface area contributed by atoms with Gasteiger partial charge < -0.3 is 10.2 Å².